The van der Waals surface area contributed by atoms with Crippen molar-refractivity contribution in [1.82, 2.24) is 10.2 Å². The number of aryl methyl sites for hydroxylation is 2. The van der Waals surface area contributed by atoms with Gasteiger partial charge in [0.25, 0.3) is 0 Å². The molecule has 138 valence electrons. The molecular weight excluding hydrogens is 328 g/mol. The fraction of sp³-hybridized carbons (Fsp3) is 0.381. The van der Waals surface area contributed by atoms with Crippen molar-refractivity contribution in [3.05, 3.63) is 58.7 Å². The number of benzene rings is 2. The van der Waals surface area contributed by atoms with E-state index < -0.39 is 0 Å². The Labute approximate surface area is 154 Å². The second-order valence-electron chi connectivity index (χ2n) is 6.99. The van der Waals surface area contributed by atoms with Gasteiger partial charge in [-0.05, 0) is 62.2 Å². The lowest BCUT2D eigenvalue weighted by Crippen LogP contribution is -2.36. The first-order chi connectivity index (χ1) is 12.4. The molecule has 0 saturated heterocycles. The van der Waals surface area contributed by atoms with Crippen LogP contribution in [0, 0.1) is 13.8 Å². The number of ether oxygens (including phenoxy) is 2. The van der Waals surface area contributed by atoms with Crippen molar-refractivity contribution >= 4 is 5.91 Å². The number of nitrogens with zero attached hydrogens (tertiary/aromatic N) is 1. The molecule has 0 aliphatic carbocycles. The smallest absolute Gasteiger partial charge is 0.234 e. The Bertz CT molecular complexity index is 804. The van der Waals surface area contributed by atoms with Crippen molar-refractivity contribution in [2.45, 2.75) is 33.4 Å². The normalized spacial score (nSPS) is 13.7. The molecule has 0 spiro atoms. The highest BCUT2D eigenvalue weighted by Gasteiger charge is 2.15. The van der Waals surface area contributed by atoms with E-state index in [2.05, 4.69) is 37.4 Å². The van der Waals surface area contributed by atoms with Crippen LogP contribution < -0.4 is 14.8 Å². The van der Waals surface area contributed by atoms with E-state index >= 15 is 0 Å². The van der Waals surface area contributed by atoms with Gasteiger partial charge in [-0.2, -0.15) is 0 Å². The summed E-state index contributed by atoms with van der Waals surface area (Å²) in [6.45, 7) is 7.47. The zero-order valence-corrected chi connectivity index (χ0v) is 15.8. The summed E-state index contributed by atoms with van der Waals surface area (Å²) in [7, 11) is 1.94. The number of nitrogens with one attached hydrogen (secondary N) is 1. The summed E-state index contributed by atoms with van der Waals surface area (Å²) in [5.74, 6) is 1.55. The minimum Gasteiger partial charge on any atom is -0.454 e. The van der Waals surface area contributed by atoms with Crippen LogP contribution >= 0.6 is 0 Å². The molecule has 1 aliphatic heterocycles. The third-order valence-electron chi connectivity index (χ3n) is 4.71. The maximum absolute atomic E-state index is 12.4. The minimum atomic E-state index is -0.0132. The first-order valence-corrected chi connectivity index (χ1v) is 8.86. The van der Waals surface area contributed by atoms with Crippen LogP contribution in [0.2, 0.25) is 0 Å². The van der Waals surface area contributed by atoms with E-state index in [0.717, 1.165) is 22.6 Å². The van der Waals surface area contributed by atoms with Gasteiger partial charge in [-0.25, -0.2) is 0 Å². The molecule has 0 radical (unpaired) electrons. The predicted molar refractivity (Wildman–Crippen MR) is 101 cm³/mol. The first-order valence-electron chi connectivity index (χ1n) is 8.86. The van der Waals surface area contributed by atoms with E-state index in [-0.39, 0.29) is 18.7 Å². The molecule has 1 amide bonds. The number of hydrogen-bond acceptors (Lipinski definition) is 4. The average molecular weight is 354 g/mol. The Morgan fingerprint density at radius 1 is 1.12 bits per heavy atom. The van der Waals surface area contributed by atoms with Crippen LogP contribution in [-0.2, 0) is 11.3 Å². The van der Waals surface area contributed by atoms with Gasteiger partial charge in [0.15, 0.2) is 11.5 Å². The molecule has 0 bridgehead atoms. The van der Waals surface area contributed by atoms with Crippen molar-refractivity contribution in [2.24, 2.45) is 0 Å². The van der Waals surface area contributed by atoms with Crippen molar-refractivity contribution in [2.75, 3.05) is 20.4 Å². The zero-order valence-electron chi connectivity index (χ0n) is 15.8. The second-order valence-corrected chi connectivity index (χ2v) is 6.99. The van der Waals surface area contributed by atoms with Crippen LogP contribution in [0.5, 0.6) is 11.5 Å². The summed E-state index contributed by atoms with van der Waals surface area (Å²) in [6.07, 6.45) is 0. The molecule has 2 aromatic rings. The SMILES string of the molecule is Cc1ccc(C(C)NC(=O)CN(C)Cc2ccc3c(c2)OCO3)cc1C. The average Bonchev–Trinajstić information content (AvgIpc) is 3.04. The number of hydrogen-bond donors (Lipinski definition) is 1. The summed E-state index contributed by atoms with van der Waals surface area (Å²) in [5.41, 5.74) is 4.71. The van der Waals surface area contributed by atoms with Crippen molar-refractivity contribution in [3.63, 3.8) is 0 Å². The molecule has 0 aromatic heterocycles. The number of carbonyl (C=O) groups is 1. The zero-order chi connectivity index (χ0) is 18.7. The number of rotatable bonds is 6. The highest BCUT2D eigenvalue weighted by molar-refractivity contribution is 5.78. The third-order valence-corrected chi connectivity index (χ3v) is 4.71. The first kappa shape index (κ1) is 18.3. The molecule has 0 fully saturated rings. The van der Waals surface area contributed by atoms with Crippen LogP contribution in [0.4, 0.5) is 0 Å². The van der Waals surface area contributed by atoms with Gasteiger partial charge < -0.3 is 14.8 Å². The number of amides is 1. The fourth-order valence-electron chi connectivity index (χ4n) is 3.06. The number of fused-ring (bicyclic) bond motifs is 1. The van der Waals surface area contributed by atoms with Crippen LogP contribution in [0.3, 0.4) is 0 Å². The van der Waals surface area contributed by atoms with Gasteiger partial charge in [-0.3, -0.25) is 9.69 Å². The molecule has 1 N–H and O–H groups in total. The molecule has 26 heavy (non-hydrogen) atoms. The maximum atomic E-state index is 12.4. The van der Waals surface area contributed by atoms with Crippen molar-refractivity contribution in [3.8, 4) is 11.5 Å². The lowest BCUT2D eigenvalue weighted by molar-refractivity contribution is -0.122. The molecule has 1 unspecified atom stereocenters. The fourth-order valence-corrected chi connectivity index (χ4v) is 3.06. The van der Waals surface area contributed by atoms with E-state index in [9.17, 15) is 4.79 Å². The van der Waals surface area contributed by atoms with E-state index in [1.165, 1.54) is 11.1 Å². The molecule has 2 aromatic carbocycles. The van der Waals surface area contributed by atoms with Crippen molar-refractivity contribution < 1.29 is 14.3 Å². The Morgan fingerprint density at radius 3 is 2.65 bits per heavy atom. The lowest BCUT2D eigenvalue weighted by Gasteiger charge is -2.20. The quantitative estimate of drug-likeness (QED) is 0.864. The minimum absolute atomic E-state index is 0.0129. The van der Waals surface area contributed by atoms with Gasteiger partial charge in [-0.1, -0.05) is 24.3 Å². The highest BCUT2D eigenvalue weighted by Crippen LogP contribution is 2.32. The Kier molecular flexibility index (Phi) is 5.47. The Morgan fingerprint density at radius 2 is 1.88 bits per heavy atom. The van der Waals surface area contributed by atoms with E-state index in [1.54, 1.807) is 0 Å². The van der Waals surface area contributed by atoms with Gasteiger partial charge >= 0.3 is 0 Å². The molecular formula is C21H26N2O3. The summed E-state index contributed by atoms with van der Waals surface area (Å²) < 4.78 is 10.7. The molecule has 1 heterocycles. The van der Waals surface area contributed by atoms with Crippen LogP contribution in [0.1, 0.15) is 35.2 Å². The summed E-state index contributed by atoms with van der Waals surface area (Å²) >= 11 is 0. The number of likely N-dealkylation sites (N-methyl/N-ethyl adjacent to an activating group) is 1. The maximum Gasteiger partial charge on any atom is 0.234 e. The van der Waals surface area contributed by atoms with Crippen LogP contribution in [0.15, 0.2) is 36.4 Å². The molecule has 5 nitrogen and oxygen atoms in total. The summed E-state index contributed by atoms with van der Waals surface area (Å²) in [6, 6.07) is 12.2. The Balaban J connectivity index is 1.53. The largest absolute Gasteiger partial charge is 0.454 e. The van der Waals surface area contributed by atoms with Crippen LogP contribution in [-0.4, -0.2) is 31.2 Å². The molecule has 3 rings (SSSR count). The van der Waals surface area contributed by atoms with Crippen molar-refractivity contribution in [1.29, 1.82) is 0 Å². The lowest BCUT2D eigenvalue weighted by atomic mass is 10.0. The van der Waals surface area contributed by atoms with Gasteiger partial charge in [0.05, 0.1) is 12.6 Å². The third kappa shape index (κ3) is 4.35. The monoisotopic (exact) mass is 354 g/mol. The van der Waals surface area contributed by atoms with Crippen LogP contribution in [0.25, 0.3) is 0 Å². The molecule has 1 aliphatic rings. The molecule has 5 heteroatoms. The Hall–Kier alpha value is -2.53. The van der Waals surface area contributed by atoms with Gasteiger partial charge in [-0.15, -0.1) is 0 Å². The second kappa shape index (κ2) is 7.79. The molecule has 1 atom stereocenters. The summed E-state index contributed by atoms with van der Waals surface area (Å²) in [5, 5.41) is 3.08. The highest BCUT2D eigenvalue weighted by atomic mass is 16.7. The van der Waals surface area contributed by atoms with Gasteiger partial charge in [0.2, 0.25) is 12.7 Å². The number of carbonyl (C=O) groups excluding carboxylic acids is 1. The predicted octanol–water partition coefficient (Wildman–Crippen LogP) is 3.34. The van der Waals surface area contributed by atoms with E-state index in [1.807, 2.05) is 37.1 Å². The van der Waals surface area contributed by atoms with E-state index in [0.29, 0.717) is 13.1 Å². The molecule has 0 saturated carbocycles. The van der Waals surface area contributed by atoms with Gasteiger partial charge in [0.1, 0.15) is 0 Å². The summed E-state index contributed by atoms with van der Waals surface area (Å²) in [4.78, 5) is 14.4. The standard InChI is InChI=1S/C21H26N2O3/c1-14-5-7-18(9-15(14)2)16(3)22-21(24)12-23(4)11-17-6-8-19-20(10-17)26-13-25-19/h5-10,16H,11-13H2,1-4H3,(H,22,24). The topological polar surface area (TPSA) is 50.8 Å². The van der Waals surface area contributed by atoms with E-state index in [4.69, 9.17) is 9.47 Å². The van der Waals surface area contributed by atoms with Gasteiger partial charge in [0, 0.05) is 6.54 Å².